The van der Waals surface area contributed by atoms with Gasteiger partial charge in [-0.3, -0.25) is 0 Å². The van der Waals surface area contributed by atoms with Crippen LogP contribution in [0.2, 0.25) is 0 Å². The lowest BCUT2D eigenvalue weighted by molar-refractivity contribution is 0.387. The van der Waals surface area contributed by atoms with E-state index in [-0.39, 0.29) is 4.47 Å². The van der Waals surface area contributed by atoms with Gasteiger partial charge in [-0.25, -0.2) is 4.39 Å². The fourth-order valence-electron chi connectivity index (χ4n) is 1.20. The third-order valence-corrected chi connectivity index (χ3v) is 2.58. The number of aromatic hydroxyl groups is 1. The first-order valence-electron chi connectivity index (χ1n) is 4.05. The molecule has 0 aliphatic rings. The van der Waals surface area contributed by atoms with Crippen molar-refractivity contribution in [3.05, 3.63) is 21.9 Å². The molecule has 0 atom stereocenters. The van der Waals surface area contributed by atoms with Crippen LogP contribution >= 0.6 is 15.9 Å². The number of benzene rings is 1. The van der Waals surface area contributed by atoms with Crippen molar-refractivity contribution in [3.8, 4) is 11.5 Å². The standard InChI is InChI=1S/C9H11BrFNO2/c1-14-9-5(2-3-12)4-6(11)8(13)7(9)10/h4,13H,2-3,12H2,1H3. The molecule has 0 unspecified atom stereocenters. The molecule has 0 saturated heterocycles. The number of methoxy groups -OCH3 is 1. The molecule has 5 heteroatoms. The number of halogens is 2. The fourth-order valence-corrected chi connectivity index (χ4v) is 1.81. The van der Waals surface area contributed by atoms with Crippen molar-refractivity contribution in [2.75, 3.05) is 13.7 Å². The molecule has 3 N–H and O–H groups in total. The van der Waals surface area contributed by atoms with E-state index in [1.54, 1.807) is 0 Å². The maximum Gasteiger partial charge on any atom is 0.169 e. The lowest BCUT2D eigenvalue weighted by Gasteiger charge is -2.11. The number of rotatable bonds is 3. The number of phenols is 1. The van der Waals surface area contributed by atoms with Crippen LogP contribution in [0.1, 0.15) is 5.56 Å². The second kappa shape index (κ2) is 4.61. The van der Waals surface area contributed by atoms with Crippen LogP contribution in [0, 0.1) is 5.82 Å². The van der Waals surface area contributed by atoms with Crippen LogP contribution in [0.3, 0.4) is 0 Å². The minimum Gasteiger partial charge on any atom is -0.504 e. The van der Waals surface area contributed by atoms with Gasteiger partial charge in [-0.05, 0) is 40.5 Å². The van der Waals surface area contributed by atoms with Gasteiger partial charge < -0.3 is 15.6 Å². The van der Waals surface area contributed by atoms with Gasteiger partial charge in [0.15, 0.2) is 11.6 Å². The second-order valence-electron chi connectivity index (χ2n) is 2.75. The Kier molecular flexibility index (Phi) is 3.71. The fraction of sp³-hybridized carbons (Fsp3) is 0.333. The minimum absolute atomic E-state index is 0.225. The van der Waals surface area contributed by atoms with Gasteiger partial charge in [0.1, 0.15) is 10.2 Å². The molecule has 0 heterocycles. The van der Waals surface area contributed by atoms with Crippen LogP contribution in [-0.4, -0.2) is 18.8 Å². The van der Waals surface area contributed by atoms with E-state index >= 15 is 0 Å². The van der Waals surface area contributed by atoms with Crippen molar-refractivity contribution in [1.29, 1.82) is 0 Å². The molecule has 0 amide bonds. The smallest absolute Gasteiger partial charge is 0.169 e. The molecular formula is C9H11BrFNO2. The maximum absolute atomic E-state index is 13.1. The summed E-state index contributed by atoms with van der Waals surface area (Å²) in [6, 6.07) is 1.23. The Morgan fingerprint density at radius 1 is 1.64 bits per heavy atom. The molecule has 0 aliphatic heterocycles. The Morgan fingerprint density at radius 2 is 2.29 bits per heavy atom. The van der Waals surface area contributed by atoms with Crippen molar-refractivity contribution >= 4 is 15.9 Å². The molecule has 0 aliphatic carbocycles. The van der Waals surface area contributed by atoms with Gasteiger partial charge in [0.2, 0.25) is 0 Å². The summed E-state index contributed by atoms with van der Waals surface area (Å²) in [6.45, 7) is 0.396. The summed E-state index contributed by atoms with van der Waals surface area (Å²) in [5, 5.41) is 9.28. The van der Waals surface area contributed by atoms with E-state index in [4.69, 9.17) is 10.5 Å². The number of ether oxygens (including phenoxy) is 1. The molecule has 3 nitrogen and oxygen atoms in total. The molecule has 0 spiro atoms. The molecule has 0 radical (unpaired) electrons. The van der Waals surface area contributed by atoms with Gasteiger partial charge in [0.25, 0.3) is 0 Å². The summed E-state index contributed by atoms with van der Waals surface area (Å²) in [4.78, 5) is 0. The molecule has 1 aromatic carbocycles. The molecular weight excluding hydrogens is 253 g/mol. The number of phenolic OH excluding ortho intramolecular Hbond substituents is 1. The van der Waals surface area contributed by atoms with Gasteiger partial charge in [-0.15, -0.1) is 0 Å². The number of hydrogen-bond acceptors (Lipinski definition) is 3. The largest absolute Gasteiger partial charge is 0.504 e. The monoisotopic (exact) mass is 263 g/mol. The summed E-state index contributed by atoms with van der Waals surface area (Å²) >= 11 is 3.06. The average molecular weight is 264 g/mol. The lowest BCUT2D eigenvalue weighted by Crippen LogP contribution is -2.05. The quantitative estimate of drug-likeness (QED) is 0.875. The maximum atomic E-state index is 13.1. The first-order valence-corrected chi connectivity index (χ1v) is 4.85. The van der Waals surface area contributed by atoms with Gasteiger partial charge >= 0.3 is 0 Å². The van der Waals surface area contributed by atoms with E-state index in [9.17, 15) is 9.50 Å². The molecule has 14 heavy (non-hydrogen) atoms. The average Bonchev–Trinajstić information content (AvgIpc) is 2.16. The van der Waals surface area contributed by atoms with E-state index < -0.39 is 11.6 Å². The SMILES string of the molecule is COc1c(CCN)cc(F)c(O)c1Br. The van der Waals surface area contributed by atoms with Gasteiger partial charge in [-0.2, -0.15) is 0 Å². The van der Waals surface area contributed by atoms with Crippen molar-refractivity contribution in [3.63, 3.8) is 0 Å². The van der Waals surface area contributed by atoms with Crippen molar-refractivity contribution in [1.82, 2.24) is 0 Å². The predicted molar refractivity (Wildman–Crippen MR) is 55.1 cm³/mol. The molecule has 78 valence electrons. The molecule has 0 fully saturated rings. The second-order valence-corrected chi connectivity index (χ2v) is 3.55. The Hall–Kier alpha value is -0.810. The first-order chi connectivity index (χ1) is 6.61. The number of nitrogens with two attached hydrogens (primary N) is 1. The summed E-state index contributed by atoms with van der Waals surface area (Å²) in [5.41, 5.74) is 6.00. The summed E-state index contributed by atoms with van der Waals surface area (Å²) in [5.74, 6) is -0.696. The Bertz CT molecular complexity index is 344. The third kappa shape index (κ3) is 1.99. The van der Waals surface area contributed by atoms with Crippen molar-refractivity contribution in [2.24, 2.45) is 5.73 Å². The summed E-state index contributed by atoms with van der Waals surface area (Å²) < 4.78 is 18.4. The number of hydrogen-bond donors (Lipinski definition) is 2. The van der Waals surface area contributed by atoms with Crippen LogP contribution in [0.15, 0.2) is 10.5 Å². The van der Waals surface area contributed by atoms with E-state index in [1.807, 2.05) is 0 Å². The van der Waals surface area contributed by atoms with Crippen LogP contribution in [0.5, 0.6) is 11.5 Å². The third-order valence-electron chi connectivity index (χ3n) is 1.84. The summed E-state index contributed by atoms with van der Waals surface area (Å²) in [7, 11) is 1.46. The van der Waals surface area contributed by atoms with Crippen LogP contribution < -0.4 is 10.5 Å². The lowest BCUT2D eigenvalue weighted by atomic mass is 10.1. The highest BCUT2D eigenvalue weighted by Crippen LogP contribution is 2.38. The zero-order valence-electron chi connectivity index (χ0n) is 7.68. The zero-order valence-corrected chi connectivity index (χ0v) is 9.27. The van der Waals surface area contributed by atoms with Gasteiger partial charge in [-0.1, -0.05) is 0 Å². The molecule has 0 bridgehead atoms. The predicted octanol–water partition coefficient (Wildman–Crippen LogP) is 1.80. The van der Waals surface area contributed by atoms with Crippen LogP contribution in [0.25, 0.3) is 0 Å². The Morgan fingerprint density at radius 3 is 2.79 bits per heavy atom. The Labute approximate surface area is 89.8 Å². The van der Waals surface area contributed by atoms with Gasteiger partial charge in [0, 0.05) is 0 Å². The van der Waals surface area contributed by atoms with Crippen molar-refractivity contribution < 1.29 is 14.2 Å². The topological polar surface area (TPSA) is 55.5 Å². The molecule has 0 saturated carbocycles. The minimum atomic E-state index is -0.680. The van der Waals surface area contributed by atoms with Gasteiger partial charge in [0.05, 0.1) is 7.11 Å². The van der Waals surface area contributed by atoms with Crippen LogP contribution in [-0.2, 0) is 6.42 Å². The molecule has 0 aromatic heterocycles. The normalized spacial score (nSPS) is 10.3. The highest BCUT2D eigenvalue weighted by Gasteiger charge is 2.15. The van der Waals surface area contributed by atoms with E-state index in [0.717, 1.165) is 0 Å². The zero-order chi connectivity index (χ0) is 10.7. The van der Waals surface area contributed by atoms with E-state index in [1.165, 1.54) is 13.2 Å². The van der Waals surface area contributed by atoms with Crippen LogP contribution in [0.4, 0.5) is 4.39 Å². The Balaban J connectivity index is 3.28. The van der Waals surface area contributed by atoms with E-state index in [0.29, 0.717) is 24.3 Å². The highest BCUT2D eigenvalue weighted by molar-refractivity contribution is 9.10. The molecule has 1 rings (SSSR count). The highest BCUT2D eigenvalue weighted by atomic mass is 79.9. The summed E-state index contributed by atoms with van der Waals surface area (Å²) in [6.07, 6.45) is 0.499. The first kappa shape index (κ1) is 11.3. The van der Waals surface area contributed by atoms with E-state index in [2.05, 4.69) is 15.9 Å². The van der Waals surface area contributed by atoms with Crippen molar-refractivity contribution in [2.45, 2.75) is 6.42 Å². The molecule has 1 aromatic rings.